The van der Waals surface area contributed by atoms with E-state index in [-0.39, 0.29) is 17.3 Å². The molecule has 2 aromatic carbocycles. The molecule has 2 aromatic rings. The van der Waals surface area contributed by atoms with Gasteiger partial charge in [-0.2, -0.15) is 24.9 Å². The van der Waals surface area contributed by atoms with Gasteiger partial charge in [-0.3, -0.25) is 9.59 Å². The van der Waals surface area contributed by atoms with Gasteiger partial charge >= 0.3 is 6.18 Å². The highest BCUT2D eigenvalue weighted by atomic mass is 32.2. The van der Waals surface area contributed by atoms with Crippen LogP contribution in [0.25, 0.3) is 0 Å². The topological polar surface area (TPSA) is 66.4 Å². The Labute approximate surface area is 194 Å². The first-order valence-electron chi connectivity index (χ1n) is 10.1. The van der Waals surface area contributed by atoms with E-state index < -0.39 is 29.8 Å². The standard InChI is InChI=1S/C23H26F3NO3S2/c1-31-13-5-8-20(28)27-21(29)18(15-32-22(30)17-6-3-2-4-7-17)14-16-9-11-19(12-10-16)23(24,25)26/h2-4,6-7,9-12,18,20,28H,5,8,13-15H2,1H3,(H,27,29). The van der Waals surface area contributed by atoms with Gasteiger partial charge in [0, 0.05) is 11.3 Å². The minimum Gasteiger partial charge on any atom is -0.374 e. The zero-order chi connectivity index (χ0) is 23.6. The minimum absolute atomic E-state index is 0.137. The van der Waals surface area contributed by atoms with Crippen LogP contribution < -0.4 is 5.32 Å². The zero-order valence-corrected chi connectivity index (χ0v) is 19.2. The van der Waals surface area contributed by atoms with Crippen LogP contribution in [0.5, 0.6) is 0 Å². The van der Waals surface area contributed by atoms with Gasteiger partial charge in [0.25, 0.3) is 0 Å². The first-order valence-corrected chi connectivity index (χ1v) is 12.4. The number of aliphatic hydroxyl groups is 1. The Morgan fingerprint density at radius 1 is 1.06 bits per heavy atom. The lowest BCUT2D eigenvalue weighted by atomic mass is 9.99. The molecule has 0 saturated heterocycles. The molecule has 2 rings (SSSR count). The number of thioether (sulfide) groups is 2. The molecule has 0 radical (unpaired) electrons. The van der Waals surface area contributed by atoms with Gasteiger partial charge in [-0.25, -0.2) is 0 Å². The molecule has 0 aliphatic carbocycles. The summed E-state index contributed by atoms with van der Waals surface area (Å²) in [6, 6.07) is 13.2. The molecule has 0 bridgehead atoms. The highest BCUT2D eigenvalue weighted by Crippen LogP contribution is 2.29. The van der Waals surface area contributed by atoms with Crippen LogP contribution >= 0.6 is 23.5 Å². The van der Waals surface area contributed by atoms with Crippen LogP contribution in [0.15, 0.2) is 54.6 Å². The second-order valence-corrected chi connectivity index (χ2v) is 9.20. The van der Waals surface area contributed by atoms with Crippen LogP contribution in [0.4, 0.5) is 13.2 Å². The Bertz CT molecular complexity index is 861. The fraction of sp³-hybridized carbons (Fsp3) is 0.391. The van der Waals surface area contributed by atoms with E-state index in [1.165, 1.54) is 12.1 Å². The van der Waals surface area contributed by atoms with Crippen molar-refractivity contribution in [3.63, 3.8) is 0 Å². The lowest BCUT2D eigenvalue weighted by Gasteiger charge is -2.20. The summed E-state index contributed by atoms with van der Waals surface area (Å²) in [6.07, 6.45) is -2.22. The average molecular weight is 486 g/mol. The molecule has 0 heterocycles. The van der Waals surface area contributed by atoms with Crippen LogP contribution in [0, 0.1) is 5.92 Å². The predicted octanol–water partition coefficient (Wildman–Crippen LogP) is 5.02. The Hall–Kier alpha value is -1.97. The Morgan fingerprint density at radius 3 is 2.31 bits per heavy atom. The number of carbonyl (C=O) groups excluding carboxylic acids is 2. The smallest absolute Gasteiger partial charge is 0.374 e. The molecule has 2 N–H and O–H groups in total. The van der Waals surface area contributed by atoms with Crippen LogP contribution in [-0.4, -0.2) is 40.1 Å². The van der Waals surface area contributed by atoms with E-state index in [2.05, 4.69) is 5.32 Å². The lowest BCUT2D eigenvalue weighted by molar-refractivity contribution is -0.137. The normalized spacial score (nSPS) is 13.4. The summed E-state index contributed by atoms with van der Waals surface area (Å²) in [5.74, 6) is -0.143. The van der Waals surface area contributed by atoms with E-state index in [0.29, 0.717) is 17.5 Å². The van der Waals surface area contributed by atoms with Crippen molar-refractivity contribution < 1.29 is 27.9 Å². The number of carbonyl (C=O) groups is 2. The van der Waals surface area contributed by atoms with Crippen molar-refractivity contribution in [2.75, 3.05) is 17.8 Å². The summed E-state index contributed by atoms with van der Waals surface area (Å²) in [7, 11) is 0. The van der Waals surface area contributed by atoms with Crippen molar-refractivity contribution in [1.29, 1.82) is 0 Å². The van der Waals surface area contributed by atoms with Crippen molar-refractivity contribution >= 4 is 34.5 Å². The van der Waals surface area contributed by atoms with E-state index in [1.54, 1.807) is 42.1 Å². The molecule has 2 atom stereocenters. The summed E-state index contributed by atoms with van der Waals surface area (Å²) in [5.41, 5.74) is 0.283. The number of aliphatic hydroxyl groups excluding tert-OH is 1. The molecule has 0 fully saturated rings. The molecule has 9 heteroatoms. The maximum Gasteiger partial charge on any atom is 0.416 e. The molecular weight excluding hydrogens is 459 g/mol. The number of halogens is 3. The molecule has 0 saturated carbocycles. The molecule has 4 nitrogen and oxygen atoms in total. The Balaban J connectivity index is 2.07. The summed E-state index contributed by atoms with van der Waals surface area (Å²) in [4.78, 5) is 25.2. The van der Waals surface area contributed by atoms with Gasteiger partial charge < -0.3 is 10.4 Å². The van der Waals surface area contributed by atoms with E-state index in [4.69, 9.17) is 0 Å². The van der Waals surface area contributed by atoms with Crippen molar-refractivity contribution in [3.8, 4) is 0 Å². The summed E-state index contributed by atoms with van der Waals surface area (Å²) in [5, 5.41) is 12.5. The SMILES string of the molecule is CSCCCC(O)NC(=O)C(CSC(=O)c1ccccc1)Cc1ccc(C(F)(F)F)cc1. The number of rotatable bonds is 11. The number of nitrogens with one attached hydrogen (secondary N) is 1. The fourth-order valence-corrected chi connectivity index (χ4v) is 4.33. The third-order valence-corrected chi connectivity index (χ3v) is 6.46. The van der Waals surface area contributed by atoms with Crippen molar-refractivity contribution in [3.05, 3.63) is 71.3 Å². The number of hydrogen-bond acceptors (Lipinski definition) is 5. The molecule has 0 aliphatic rings. The number of amides is 1. The van der Waals surface area contributed by atoms with Gasteiger partial charge in [0.1, 0.15) is 6.23 Å². The van der Waals surface area contributed by atoms with Gasteiger partial charge in [-0.05, 0) is 49.0 Å². The monoisotopic (exact) mass is 485 g/mol. The molecule has 0 aromatic heterocycles. The van der Waals surface area contributed by atoms with Crippen molar-refractivity contribution in [2.24, 2.45) is 5.92 Å². The van der Waals surface area contributed by atoms with Crippen LogP contribution in [0.1, 0.15) is 34.3 Å². The fourth-order valence-electron chi connectivity index (χ4n) is 2.95. The Kier molecular flexibility index (Phi) is 10.6. The molecular formula is C23H26F3NO3S2. The Morgan fingerprint density at radius 2 is 1.72 bits per heavy atom. The van der Waals surface area contributed by atoms with E-state index in [0.717, 1.165) is 36.1 Å². The highest BCUT2D eigenvalue weighted by Gasteiger charge is 2.30. The average Bonchev–Trinajstić information content (AvgIpc) is 2.76. The van der Waals surface area contributed by atoms with Gasteiger partial charge in [0.05, 0.1) is 11.5 Å². The van der Waals surface area contributed by atoms with E-state index in [9.17, 15) is 27.9 Å². The lowest BCUT2D eigenvalue weighted by Crippen LogP contribution is -2.40. The molecule has 0 aliphatic heterocycles. The van der Waals surface area contributed by atoms with Gasteiger partial charge in [0.2, 0.25) is 11.0 Å². The summed E-state index contributed by atoms with van der Waals surface area (Å²) < 4.78 is 38.5. The maximum absolute atomic E-state index is 12.8. The van der Waals surface area contributed by atoms with Gasteiger partial charge in [-0.15, -0.1) is 0 Å². The maximum atomic E-state index is 12.8. The van der Waals surface area contributed by atoms with Crippen molar-refractivity contribution in [2.45, 2.75) is 31.7 Å². The largest absolute Gasteiger partial charge is 0.416 e. The quantitative estimate of drug-likeness (QED) is 0.346. The van der Waals surface area contributed by atoms with E-state index in [1.807, 2.05) is 6.26 Å². The molecule has 32 heavy (non-hydrogen) atoms. The van der Waals surface area contributed by atoms with Crippen LogP contribution in [0.2, 0.25) is 0 Å². The van der Waals surface area contributed by atoms with Crippen LogP contribution in [-0.2, 0) is 17.4 Å². The number of alkyl halides is 3. The molecule has 2 unspecified atom stereocenters. The number of benzene rings is 2. The van der Waals surface area contributed by atoms with E-state index >= 15 is 0 Å². The number of hydrogen-bond donors (Lipinski definition) is 2. The molecule has 0 spiro atoms. The van der Waals surface area contributed by atoms with Crippen molar-refractivity contribution in [1.82, 2.24) is 5.32 Å². The third kappa shape index (κ3) is 8.88. The van der Waals surface area contributed by atoms with Gasteiger partial charge in [-0.1, -0.05) is 54.2 Å². The third-order valence-electron chi connectivity index (χ3n) is 4.69. The summed E-state index contributed by atoms with van der Waals surface area (Å²) in [6.45, 7) is 0. The second kappa shape index (κ2) is 12.9. The molecule has 1 amide bonds. The first-order chi connectivity index (χ1) is 15.2. The first kappa shape index (κ1) is 26.3. The second-order valence-electron chi connectivity index (χ2n) is 7.22. The molecule has 174 valence electrons. The van der Waals surface area contributed by atoms with Gasteiger partial charge in [0.15, 0.2) is 0 Å². The predicted molar refractivity (Wildman–Crippen MR) is 124 cm³/mol. The zero-order valence-electron chi connectivity index (χ0n) is 17.6. The van der Waals surface area contributed by atoms with Crippen LogP contribution in [0.3, 0.4) is 0 Å². The summed E-state index contributed by atoms with van der Waals surface area (Å²) >= 11 is 2.61. The highest BCUT2D eigenvalue weighted by molar-refractivity contribution is 8.14. The minimum atomic E-state index is -4.44.